The Labute approximate surface area is 170 Å². The molecule has 2 aromatic rings. The van der Waals surface area contributed by atoms with Gasteiger partial charge in [-0.25, -0.2) is 0 Å². The zero-order valence-corrected chi connectivity index (χ0v) is 17.5. The van der Waals surface area contributed by atoms with E-state index in [0.29, 0.717) is 6.54 Å². The molecule has 1 unspecified atom stereocenters. The van der Waals surface area contributed by atoms with Crippen molar-refractivity contribution in [3.63, 3.8) is 0 Å². The first-order valence-corrected chi connectivity index (χ1v) is 10.4. The van der Waals surface area contributed by atoms with E-state index in [2.05, 4.69) is 41.6 Å². The van der Waals surface area contributed by atoms with E-state index in [1.54, 1.807) is 11.9 Å². The number of amides is 1. The molecule has 28 heavy (non-hydrogen) atoms. The molecule has 1 atom stereocenters. The van der Waals surface area contributed by atoms with E-state index in [0.717, 1.165) is 36.8 Å². The Hall–Kier alpha value is -2.54. The van der Waals surface area contributed by atoms with Gasteiger partial charge in [0.1, 0.15) is 5.75 Å². The molecular formula is C21H28N4O2S. The molecule has 3 rings (SSSR count). The minimum atomic E-state index is 0.000991. The number of guanidine groups is 1. The van der Waals surface area contributed by atoms with Crippen LogP contribution in [0.2, 0.25) is 0 Å². The van der Waals surface area contributed by atoms with E-state index in [-0.39, 0.29) is 18.6 Å². The average Bonchev–Trinajstić information content (AvgIpc) is 3.10. The van der Waals surface area contributed by atoms with Crippen LogP contribution in [0.25, 0.3) is 0 Å². The first kappa shape index (κ1) is 20.2. The fourth-order valence-electron chi connectivity index (χ4n) is 3.22. The van der Waals surface area contributed by atoms with E-state index in [1.807, 2.05) is 35.6 Å². The van der Waals surface area contributed by atoms with Crippen LogP contribution < -0.4 is 20.3 Å². The highest BCUT2D eigenvalue weighted by atomic mass is 32.1. The summed E-state index contributed by atoms with van der Waals surface area (Å²) in [6.07, 6.45) is 1.79. The van der Waals surface area contributed by atoms with E-state index in [9.17, 15) is 4.79 Å². The highest BCUT2D eigenvalue weighted by molar-refractivity contribution is 7.11. The van der Waals surface area contributed by atoms with Crippen LogP contribution in [-0.4, -0.2) is 44.7 Å². The summed E-state index contributed by atoms with van der Waals surface area (Å²) in [5.74, 6) is 1.56. The summed E-state index contributed by atoms with van der Waals surface area (Å²) >= 11 is 1.83. The summed E-state index contributed by atoms with van der Waals surface area (Å²) in [7, 11) is 1.78. The molecule has 2 N–H and O–H groups in total. The van der Waals surface area contributed by atoms with Gasteiger partial charge in [0, 0.05) is 42.4 Å². The van der Waals surface area contributed by atoms with Crippen molar-refractivity contribution < 1.29 is 9.53 Å². The second kappa shape index (κ2) is 9.59. The summed E-state index contributed by atoms with van der Waals surface area (Å²) in [6.45, 7) is 5.77. The fraction of sp³-hybridized carbons (Fsp3) is 0.429. The topological polar surface area (TPSA) is 66.0 Å². The smallest absolute Gasteiger partial charge is 0.265 e. The van der Waals surface area contributed by atoms with Gasteiger partial charge in [-0.05, 0) is 44.5 Å². The van der Waals surface area contributed by atoms with Gasteiger partial charge in [0.05, 0.1) is 5.69 Å². The zero-order chi connectivity index (χ0) is 19.9. The van der Waals surface area contributed by atoms with Gasteiger partial charge in [-0.2, -0.15) is 0 Å². The van der Waals surface area contributed by atoms with Crippen LogP contribution >= 0.6 is 11.3 Å². The molecule has 0 spiro atoms. The molecule has 7 heteroatoms. The zero-order valence-electron chi connectivity index (χ0n) is 16.7. The summed E-state index contributed by atoms with van der Waals surface area (Å²) in [5.41, 5.74) is 0.848. The molecule has 6 nitrogen and oxygen atoms in total. The fourth-order valence-corrected chi connectivity index (χ4v) is 4.24. The molecule has 0 aliphatic carbocycles. The highest BCUT2D eigenvalue weighted by Gasteiger charge is 2.24. The number of aryl methyl sites for hydroxylation is 1. The van der Waals surface area contributed by atoms with Crippen LogP contribution in [0.1, 0.15) is 23.1 Å². The molecule has 1 aliphatic rings. The van der Waals surface area contributed by atoms with Gasteiger partial charge in [0.15, 0.2) is 12.6 Å². The van der Waals surface area contributed by atoms with Crippen molar-refractivity contribution in [3.05, 3.63) is 46.2 Å². The number of thiophene rings is 1. The number of rotatable bonds is 7. The second-order valence-corrected chi connectivity index (χ2v) is 8.29. The van der Waals surface area contributed by atoms with Gasteiger partial charge in [0.25, 0.3) is 5.91 Å². The minimum absolute atomic E-state index is 0.000991. The Bertz CT molecular complexity index is 833. The molecule has 150 valence electrons. The van der Waals surface area contributed by atoms with Crippen molar-refractivity contribution in [3.8, 4) is 5.75 Å². The molecule has 0 saturated carbocycles. The number of carbonyl (C=O) groups is 1. The standard InChI is InChI=1S/C21H28N4O2S/c1-15(13-17-10-9-16(2)28-17)24-21(22-3)23-11-6-12-25-18-7-4-5-8-19(18)27-14-20(25)26/h4-5,7-10,15H,6,11-14H2,1-3H3,(H2,22,23,24). The maximum Gasteiger partial charge on any atom is 0.265 e. The number of nitrogens with zero attached hydrogens (tertiary/aromatic N) is 2. The number of fused-ring (bicyclic) bond motifs is 1. The molecular weight excluding hydrogens is 372 g/mol. The molecule has 0 radical (unpaired) electrons. The predicted octanol–water partition coefficient (Wildman–Crippen LogP) is 2.97. The van der Waals surface area contributed by atoms with Crippen molar-refractivity contribution in [2.75, 3.05) is 31.6 Å². The van der Waals surface area contributed by atoms with E-state index in [4.69, 9.17) is 4.74 Å². The first-order valence-electron chi connectivity index (χ1n) is 9.61. The third-order valence-electron chi connectivity index (χ3n) is 4.57. The van der Waals surface area contributed by atoms with E-state index in [1.165, 1.54) is 9.75 Å². The van der Waals surface area contributed by atoms with Crippen LogP contribution in [0.15, 0.2) is 41.4 Å². The van der Waals surface area contributed by atoms with Gasteiger partial charge < -0.3 is 20.3 Å². The van der Waals surface area contributed by atoms with Crippen LogP contribution in [0.3, 0.4) is 0 Å². The number of nitrogens with one attached hydrogen (secondary N) is 2. The molecule has 1 aliphatic heterocycles. The lowest BCUT2D eigenvalue weighted by molar-refractivity contribution is -0.121. The third-order valence-corrected chi connectivity index (χ3v) is 5.59. The number of benzene rings is 1. The van der Waals surface area contributed by atoms with Gasteiger partial charge in [0.2, 0.25) is 0 Å². The number of ether oxygens (including phenoxy) is 1. The Morgan fingerprint density at radius 1 is 1.32 bits per heavy atom. The number of anilines is 1. The summed E-state index contributed by atoms with van der Waals surface area (Å²) in [5, 5.41) is 6.78. The van der Waals surface area contributed by atoms with Gasteiger partial charge in [-0.3, -0.25) is 9.79 Å². The van der Waals surface area contributed by atoms with Crippen LogP contribution in [0, 0.1) is 6.92 Å². The van der Waals surface area contributed by atoms with Crippen molar-refractivity contribution in [1.29, 1.82) is 0 Å². The lowest BCUT2D eigenvalue weighted by atomic mass is 10.2. The van der Waals surface area contributed by atoms with E-state index < -0.39 is 0 Å². The summed E-state index contributed by atoms with van der Waals surface area (Å²) in [4.78, 5) is 21.0. The molecule has 2 heterocycles. The minimum Gasteiger partial charge on any atom is -0.482 e. The number of aliphatic imine (C=N–C) groups is 1. The van der Waals surface area contributed by atoms with Crippen molar-refractivity contribution >= 4 is 28.9 Å². The van der Waals surface area contributed by atoms with Gasteiger partial charge in [-0.1, -0.05) is 12.1 Å². The summed E-state index contributed by atoms with van der Waals surface area (Å²) < 4.78 is 5.49. The highest BCUT2D eigenvalue weighted by Crippen LogP contribution is 2.31. The molecule has 1 amide bonds. The Balaban J connectivity index is 1.44. The molecule has 0 fully saturated rings. The number of para-hydroxylation sites is 2. The maximum atomic E-state index is 12.2. The van der Waals surface area contributed by atoms with Crippen LogP contribution in [0.4, 0.5) is 5.69 Å². The predicted molar refractivity (Wildman–Crippen MR) is 116 cm³/mol. The molecule has 0 bridgehead atoms. The lowest BCUT2D eigenvalue weighted by Crippen LogP contribution is -2.44. The maximum absolute atomic E-state index is 12.2. The number of carbonyl (C=O) groups excluding carboxylic acids is 1. The first-order chi connectivity index (χ1) is 13.6. The van der Waals surface area contributed by atoms with Crippen molar-refractivity contribution in [2.45, 2.75) is 32.7 Å². The second-order valence-electron chi connectivity index (χ2n) is 6.92. The van der Waals surface area contributed by atoms with Gasteiger partial charge in [-0.15, -0.1) is 11.3 Å². The average molecular weight is 401 g/mol. The number of hydrogen-bond donors (Lipinski definition) is 2. The van der Waals surface area contributed by atoms with E-state index >= 15 is 0 Å². The SMILES string of the molecule is CN=C(NCCCN1C(=O)COc2ccccc21)NC(C)Cc1ccc(C)s1. The summed E-state index contributed by atoms with van der Waals surface area (Å²) in [6, 6.07) is 12.3. The Morgan fingerprint density at radius 3 is 2.89 bits per heavy atom. The monoisotopic (exact) mass is 400 g/mol. The Morgan fingerprint density at radius 2 is 2.14 bits per heavy atom. The van der Waals surface area contributed by atoms with Gasteiger partial charge >= 0.3 is 0 Å². The molecule has 1 aromatic carbocycles. The van der Waals surface area contributed by atoms with Crippen LogP contribution in [-0.2, 0) is 11.2 Å². The normalized spacial score (nSPS) is 15.0. The van der Waals surface area contributed by atoms with Crippen LogP contribution in [0.5, 0.6) is 5.75 Å². The van der Waals surface area contributed by atoms with Crippen molar-refractivity contribution in [1.82, 2.24) is 10.6 Å². The lowest BCUT2D eigenvalue weighted by Gasteiger charge is -2.29. The number of hydrogen-bond acceptors (Lipinski definition) is 4. The van der Waals surface area contributed by atoms with Crippen molar-refractivity contribution in [2.24, 2.45) is 4.99 Å². The third kappa shape index (κ3) is 5.25. The quantitative estimate of drug-likeness (QED) is 0.426. The molecule has 0 saturated heterocycles. The largest absolute Gasteiger partial charge is 0.482 e. The Kier molecular flexibility index (Phi) is 6.92. The molecule has 1 aromatic heterocycles.